The number of aliphatic hydroxyl groups is 1. The van der Waals surface area contributed by atoms with E-state index in [1.165, 1.54) is 7.11 Å². The summed E-state index contributed by atoms with van der Waals surface area (Å²) in [4.78, 5) is 30.2. The molecule has 10 heteroatoms. The van der Waals surface area contributed by atoms with E-state index in [1.807, 2.05) is 13.8 Å². The van der Waals surface area contributed by atoms with E-state index in [2.05, 4.69) is 10.3 Å². The van der Waals surface area contributed by atoms with E-state index in [1.54, 1.807) is 50.2 Å². The summed E-state index contributed by atoms with van der Waals surface area (Å²) in [7, 11) is 1.50. The van der Waals surface area contributed by atoms with Gasteiger partial charge >= 0.3 is 5.97 Å². The molecule has 1 aromatic heterocycles. The second-order valence-corrected chi connectivity index (χ2v) is 9.28. The molecule has 10 nitrogen and oxygen atoms in total. The van der Waals surface area contributed by atoms with Gasteiger partial charge in [0, 0.05) is 18.6 Å². The summed E-state index contributed by atoms with van der Waals surface area (Å²) in [6.45, 7) is 8.13. The van der Waals surface area contributed by atoms with Gasteiger partial charge in [0.05, 0.1) is 48.6 Å². The zero-order valence-corrected chi connectivity index (χ0v) is 23.1. The first-order valence-corrected chi connectivity index (χ1v) is 12.9. The van der Waals surface area contributed by atoms with Crippen LogP contribution in [0.5, 0.6) is 17.2 Å². The maximum atomic E-state index is 13.1. The van der Waals surface area contributed by atoms with Crippen LogP contribution < -0.4 is 25.3 Å². The Balaban J connectivity index is 1.80. The first-order valence-electron chi connectivity index (χ1n) is 12.9. The molecule has 4 N–H and O–H groups in total. The first kappa shape index (κ1) is 29.5. The number of methoxy groups -OCH3 is 1. The number of aryl methyl sites for hydroxylation is 1. The summed E-state index contributed by atoms with van der Waals surface area (Å²) in [5.41, 5.74) is 8.35. The molecule has 0 saturated carbocycles. The average Bonchev–Trinajstić information content (AvgIpc) is 2.90. The van der Waals surface area contributed by atoms with Crippen molar-refractivity contribution in [3.63, 3.8) is 0 Å². The number of ether oxygens (including phenoxy) is 4. The topological polar surface area (TPSA) is 142 Å². The number of amides is 1. The Morgan fingerprint density at radius 3 is 2.54 bits per heavy atom. The quantitative estimate of drug-likeness (QED) is 0.218. The lowest BCUT2D eigenvalue weighted by molar-refractivity contribution is 0.0526. The van der Waals surface area contributed by atoms with Gasteiger partial charge < -0.3 is 35.1 Å². The monoisotopic (exact) mass is 539 g/mol. The molecule has 0 saturated heterocycles. The molecule has 1 amide bonds. The van der Waals surface area contributed by atoms with Crippen molar-refractivity contribution >= 4 is 28.5 Å². The molecule has 0 aliphatic heterocycles. The number of nitrogens with two attached hydrogens (primary N) is 1. The summed E-state index contributed by atoms with van der Waals surface area (Å²) in [5.74, 6) is 0.574. The molecule has 1 unspecified atom stereocenters. The highest BCUT2D eigenvalue weighted by Gasteiger charge is 2.23. The van der Waals surface area contributed by atoms with Gasteiger partial charge in [-0.15, -0.1) is 0 Å². The molecule has 0 fully saturated rings. The Hall–Kier alpha value is -4.05. The lowest BCUT2D eigenvalue weighted by Gasteiger charge is -2.24. The predicted octanol–water partition coefficient (Wildman–Crippen LogP) is 3.91. The Morgan fingerprint density at radius 1 is 1.10 bits per heavy atom. The van der Waals surface area contributed by atoms with Crippen molar-refractivity contribution in [2.75, 3.05) is 39.3 Å². The highest BCUT2D eigenvalue weighted by atomic mass is 16.5. The van der Waals surface area contributed by atoms with E-state index in [4.69, 9.17) is 29.8 Å². The third kappa shape index (κ3) is 7.08. The number of hydrogen-bond acceptors (Lipinski definition) is 9. The fraction of sp³-hybridized carbons (Fsp3) is 0.414. The van der Waals surface area contributed by atoms with Gasteiger partial charge in [-0.2, -0.15) is 0 Å². The van der Waals surface area contributed by atoms with Crippen LogP contribution in [0.15, 0.2) is 36.4 Å². The number of fused-ring (bicyclic) bond motifs is 1. The molecule has 1 atom stereocenters. The number of nitrogens with zero attached hydrogens (tertiary/aromatic N) is 1. The third-order valence-corrected chi connectivity index (χ3v) is 6.20. The van der Waals surface area contributed by atoms with Gasteiger partial charge in [0.2, 0.25) is 0 Å². The molecule has 39 heavy (non-hydrogen) atoms. The number of aromatic nitrogens is 1. The largest absolute Gasteiger partial charge is 0.493 e. The molecule has 0 radical (unpaired) electrons. The number of aliphatic hydroxyl groups excluding tert-OH is 1. The van der Waals surface area contributed by atoms with Crippen molar-refractivity contribution in [2.24, 2.45) is 5.92 Å². The number of carbonyl (C=O) groups excluding carboxylic acids is 2. The highest BCUT2D eigenvalue weighted by molar-refractivity contribution is 6.07. The molecular weight excluding hydrogens is 502 g/mol. The van der Waals surface area contributed by atoms with E-state index in [-0.39, 0.29) is 48.9 Å². The predicted molar refractivity (Wildman–Crippen MR) is 149 cm³/mol. The average molecular weight is 540 g/mol. The third-order valence-electron chi connectivity index (χ3n) is 6.20. The van der Waals surface area contributed by atoms with Crippen molar-refractivity contribution < 1.29 is 33.6 Å². The van der Waals surface area contributed by atoms with E-state index in [0.717, 1.165) is 0 Å². The molecule has 2 aromatic carbocycles. The SMILES string of the molecule is CCOC(=O)c1c(C)nc2cccc(OCC(NC(=O)c3ccc(OCCCO)c(OC)c3)C(C)C)c2c1N. The Morgan fingerprint density at radius 2 is 1.87 bits per heavy atom. The highest BCUT2D eigenvalue weighted by Crippen LogP contribution is 2.34. The number of pyridine rings is 1. The van der Waals surface area contributed by atoms with Crippen LogP contribution in [0, 0.1) is 12.8 Å². The van der Waals surface area contributed by atoms with Crippen LogP contribution in [0.1, 0.15) is 53.6 Å². The van der Waals surface area contributed by atoms with Crippen LogP contribution in [-0.2, 0) is 4.74 Å². The van der Waals surface area contributed by atoms with E-state index in [0.29, 0.717) is 52.4 Å². The molecule has 0 bridgehead atoms. The van der Waals surface area contributed by atoms with Crippen LogP contribution in [0.4, 0.5) is 5.69 Å². The zero-order chi connectivity index (χ0) is 28.5. The molecular formula is C29H37N3O7. The summed E-state index contributed by atoms with van der Waals surface area (Å²) in [6, 6.07) is 9.94. The van der Waals surface area contributed by atoms with Gasteiger partial charge in [-0.25, -0.2) is 4.79 Å². The minimum Gasteiger partial charge on any atom is -0.493 e. The normalized spacial score (nSPS) is 11.8. The Kier molecular flexibility index (Phi) is 10.3. The van der Waals surface area contributed by atoms with Gasteiger partial charge in [-0.05, 0) is 50.1 Å². The maximum absolute atomic E-state index is 13.1. The molecule has 0 aliphatic carbocycles. The minimum absolute atomic E-state index is 0.0234. The maximum Gasteiger partial charge on any atom is 0.342 e. The molecule has 210 valence electrons. The van der Waals surface area contributed by atoms with Crippen LogP contribution in [0.3, 0.4) is 0 Å². The number of hydrogen-bond donors (Lipinski definition) is 3. The van der Waals surface area contributed by atoms with Crippen molar-refractivity contribution in [1.29, 1.82) is 0 Å². The van der Waals surface area contributed by atoms with Crippen LogP contribution >= 0.6 is 0 Å². The molecule has 3 aromatic rings. The molecule has 0 spiro atoms. The van der Waals surface area contributed by atoms with Crippen molar-refractivity contribution in [2.45, 2.75) is 40.2 Å². The van der Waals surface area contributed by atoms with Crippen molar-refractivity contribution in [1.82, 2.24) is 10.3 Å². The van der Waals surface area contributed by atoms with Crippen LogP contribution in [-0.4, -0.2) is 61.5 Å². The number of anilines is 1. The van der Waals surface area contributed by atoms with Gasteiger partial charge in [0.25, 0.3) is 5.91 Å². The van der Waals surface area contributed by atoms with Gasteiger partial charge in [0.15, 0.2) is 11.5 Å². The summed E-state index contributed by atoms with van der Waals surface area (Å²) in [6.07, 6.45) is 0.490. The van der Waals surface area contributed by atoms with E-state index < -0.39 is 5.97 Å². The second kappa shape index (κ2) is 13.7. The Bertz CT molecular complexity index is 1310. The second-order valence-electron chi connectivity index (χ2n) is 9.28. The molecule has 1 heterocycles. The summed E-state index contributed by atoms with van der Waals surface area (Å²) < 4.78 is 22.3. The van der Waals surface area contributed by atoms with Crippen LogP contribution in [0.2, 0.25) is 0 Å². The van der Waals surface area contributed by atoms with Crippen molar-refractivity contribution in [3.8, 4) is 17.2 Å². The fourth-order valence-corrected chi connectivity index (χ4v) is 4.03. The smallest absolute Gasteiger partial charge is 0.342 e. The number of benzene rings is 2. The number of esters is 1. The lowest BCUT2D eigenvalue weighted by atomic mass is 10.0. The first-order chi connectivity index (χ1) is 18.7. The Labute approximate surface area is 228 Å². The lowest BCUT2D eigenvalue weighted by Crippen LogP contribution is -2.42. The van der Waals surface area contributed by atoms with Gasteiger partial charge in [0.1, 0.15) is 17.9 Å². The number of carbonyl (C=O) groups is 2. The molecule has 0 aliphatic rings. The number of rotatable bonds is 13. The number of nitrogen functional groups attached to an aromatic ring is 1. The van der Waals surface area contributed by atoms with Gasteiger partial charge in [-0.1, -0.05) is 19.9 Å². The van der Waals surface area contributed by atoms with Crippen LogP contribution in [0.25, 0.3) is 10.9 Å². The standard InChI is InChI=1S/C29H37N3O7/c1-6-37-29(35)25-18(4)31-20-9-7-10-23(26(20)27(25)30)39-16-21(17(2)3)32-28(34)19-11-12-22(24(15-19)36-5)38-14-8-13-33/h7,9-12,15,17,21,33H,6,8,13-14,16H2,1-5H3,(H2,30,31)(H,32,34). The van der Waals surface area contributed by atoms with E-state index >= 15 is 0 Å². The summed E-state index contributed by atoms with van der Waals surface area (Å²) >= 11 is 0. The van der Waals surface area contributed by atoms with Crippen molar-refractivity contribution in [3.05, 3.63) is 53.2 Å². The number of nitrogens with one attached hydrogen (secondary N) is 1. The van der Waals surface area contributed by atoms with E-state index in [9.17, 15) is 9.59 Å². The summed E-state index contributed by atoms with van der Waals surface area (Å²) in [5, 5.41) is 12.5. The molecule has 3 rings (SSSR count). The minimum atomic E-state index is -0.538. The zero-order valence-electron chi connectivity index (χ0n) is 23.1. The fourth-order valence-electron chi connectivity index (χ4n) is 4.03. The van der Waals surface area contributed by atoms with Gasteiger partial charge in [-0.3, -0.25) is 9.78 Å².